The first-order valence-electron chi connectivity index (χ1n) is 9.95. The minimum Gasteiger partial charge on any atom is -0.477 e. The summed E-state index contributed by atoms with van der Waals surface area (Å²) in [5.41, 5.74) is 1.57. The number of anilines is 2. The number of halogens is 1. The standard InChI is InChI=1S/C22H24BrN3O3/c23-16-8-10-17(11-9-16)24-21(27)15-26-14-20(22(28)25-12-4-1-5-13-25)29-19-7-3-2-6-18(19)26/h2-3,6-11,20H,1,4-5,12-15H2,(H,24,27)/t20-/m0/s1. The van der Waals surface area contributed by atoms with Crippen molar-refractivity contribution in [3.05, 3.63) is 53.0 Å². The number of hydrogen-bond acceptors (Lipinski definition) is 4. The predicted octanol–water partition coefficient (Wildman–Crippen LogP) is 3.67. The van der Waals surface area contributed by atoms with Crippen molar-refractivity contribution in [2.45, 2.75) is 25.4 Å². The van der Waals surface area contributed by atoms with Crippen molar-refractivity contribution < 1.29 is 14.3 Å². The van der Waals surface area contributed by atoms with Crippen LogP contribution < -0.4 is 15.0 Å². The molecular weight excluding hydrogens is 434 g/mol. The molecule has 0 spiro atoms. The number of amides is 2. The first-order valence-corrected chi connectivity index (χ1v) is 10.7. The van der Waals surface area contributed by atoms with Crippen molar-refractivity contribution in [1.82, 2.24) is 4.90 Å². The summed E-state index contributed by atoms with van der Waals surface area (Å²) >= 11 is 3.39. The highest BCUT2D eigenvalue weighted by Gasteiger charge is 2.34. The first kappa shape index (κ1) is 19.8. The van der Waals surface area contributed by atoms with Crippen LogP contribution in [-0.2, 0) is 9.59 Å². The van der Waals surface area contributed by atoms with Crippen LogP contribution in [0.25, 0.3) is 0 Å². The maximum atomic E-state index is 13.0. The normalized spacial score (nSPS) is 18.6. The number of carbonyl (C=O) groups is 2. The van der Waals surface area contributed by atoms with Gasteiger partial charge in [-0.15, -0.1) is 0 Å². The highest BCUT2D eigenvalue weighted by atomic mass is 79.9. The molecule has 6 nitrogen and oxygen atoms in total. The number of likely N-dealkylation sites (tertiary alicyclic amines) is 1. The monoisotopic (exact) mass is 457 g/mol. The number of para-hydroxylation sites is 2. The van der Waals surface area contributed by atoms with E-state index >= 15 is 0 Å². The van der Waals surface area contributed by atoms with Crippen LogP contribution in [0.1, 0.15) is 19.3 Å². The Morgan fingerprint density at radius 2 is 1.76 bits per heavy atom. The summed E-state index contributed by atoms with van der Waals surface area (Å²) in [6.45, 7) is 2.08. The van der Waals surface area contributed by atoms with Crippen molar-refractivity contribution in [1.29, 1.82) is 0 Å². The molecule has 152 valence electrons. The van der Waals surface area contributed by atoms with E-state index in [1.807, 2.05) is 58.3 Å². The smallest absolute Gasteiger partial charge is 0.265 e. The molecule has 0 radical (unpaired) electrons. The largest absolute Gasteiger partial charge is 0.477 e. The van der Waals surface area contributed by atoms with Gasteiger partial charge in [-0.25, -0.2) is 0 Å². The summed E-state index contributed by atoms with van der Waals surface area (Å²) in [6, 6.07) is 15.0. The number of hydrogen-bond donors (Lipinski definition) is 1. The predicted molar refractivity (Wildman–Crippen MR) is 116 cm³/mol. The summed E-state index contributed by atoms with van der Waals surface area (Å²) in [4.78, 5) is 29.5. The maximum absolute atomic E-state index is 13.0. The van der Waals surface area contributed by atoms with E-state index in [0.717, 1.165) is 41.8 Å². The molecule has 2 aromatic carbocycles. The van der Waals surface area contributed by atoms with Crippen LogP contribution in [0.3, 0.4) is 0 Å². The average Bonchev–Trinajstić information content (AvgIpc) is 2.75. The molecule has 1 fully saturated rings. The van der Waals surface area contributed by atoms with E-state index in [0.29, 0.717) is 12.3 Å². The van der Waals surface area contributed by atoms with E-state index < -0.39 is 6.10 Å². The molecule has 2 heterocycles. The number of carbonyl (C=O) groups excluding carboxylic acids is 2. The van der Waals surface area contributed by atoms with Gasteiger partial charge in [0.05, 0.1) is 18.8 Å². The molecule has 0 aliphatic carbocycles. The highest BCUT2D eigenvalue weighted by molar-refractivity contribution is 9.10. The van der Waals surface area contributed by atoms with Gasteiger partial charge in [0, 0.05) is 23.2 Å². The van der Waals surface area contributed by atoms with E-state index in [1.54, 1.807) is 0 Å². The van der Waals surface area contributed by atoms with E-state index in [1.165, 1.54) is 6.42 Å². The molecule has 0 aromatic heterocycles. The number of ether oxygens (including phenoxy) is 1. The summed E-state index contributed by atoms with van der Waals surface area (Å²) in [5.74, 6) is 0.524. The zero-order valence-corrected chi connectivity index (χ0v) is 17.7. The molecule has 2 aliphatic heterocycles. The van der Waals surface area contributed by atoms with Crippen LogP contribution in [0, 0.1) is 0 Å². The minimum absolute atomic E-state index is 0.0116. The van der Waals surface area contributed by atoms with Gasteiger partial charge in [-0.3, -0.25) is 9.59 Å². The van der Waals surface area contributed by atoms with Crippen LogP contribution in [-0.4, -0.2) is 49.0 Å². The first-order chi connectivity index (χ1) is 14.1. The van der Waals surface area contributed by atoms with Gasteiger partial charge in [0.25, 0.3) is 5.91 Å². The fourth-order valence-corrected chi connectivity index (χ4v) is 4.07. The topological polar surface area (TPSA) is 61.9 Å². The minimum atomic E-state index is -0.594. The molecular formula is C22H24BrN3O3. The Morgan fingerprint density at radius 3 is 2.52 bits per heavy atom. The Balaban J connectivity index is 1.48. The number of benzene rings is 2. The Bertz CT molecular complexity index is 881. The third-order valence-electron chi connectivity index (χ3n) is 5.27. The quantitative estimate of drug-likeness (QED) is 0.760. The average molecular weight is 458 g/mol. The fraction of sp³-hybridized carbons (Fsp3) is 0.364. The molecule has 2 aromatic rings. The Labute approximate surface area is 178 Å². The molecule has 1 atom stereocenters. The molecule has 2 amide bonds. The van der Waals surface area contributed by atoms with Crippen LogP contribution in [0.5, 0.6) is 5.75 Å². The van der Waals surface area contributed by atoms with Crippen molar-refractivity contribution in [3.63, 3.8) is 0 Å². The number of nitrogens with zero attached hydrogens (tertiary/aromatic N) is 2. The van der Waals surface area contributed by atoms with Gasteiger partial charge >= 0.3 is 0 Å². The second kappa shape index (κ2) is 8.86. The summed E-state index contributed by atoms with van der Waals surface area (Å²) in [6.07, 6.45) is 2.65. The van der Waals surface area contributed by atoms with Crippen LogP contribution in [0.4, 0.5) is 11.4 Å². The van der Waals surface area contributed by atoms with Gasteiger partial charge in [-0.2, -0.15) is 0 Å². The molecule has 7 heteroatoms. The van der Waals surface area contributed by atoms with Crippen molar-refractivity contribution in [2.75, 3.05) is 36.4 Å². The molecule has 0 unspecified atom stereocenters. The van der Waals surface area contributed by atoms with Gasteiger partial charge < -0.3 is 19.9 Å². The Hall–Kier alpha value is -2.54. The summed E-state index contributed by atoms with van der Waals surface area (Å²) in [7, 11) is 0. The third-order valence-corrected chi connectivity index (χ3v) is 5.80. The van der Waals surface area contributed by atoms with Gasteiger partial charge in [0.15, 0.2) is 6.10 Å². The molecule has 0 bridgehead atoms. The lowest BCUT2D eigenvalue weighted by Gasteiger charge is -2.38. The van der Waals surface area contributed by atoms with E-state index in [9.17, 15) is 9.59 Å². The van der Waals surface area contributed by atoms with Gasteiger partial charge in [-0.1, -0.05) is 28.1 Å². The summed E-state index contributed by atoms with van der Waals surface area (Å²) < 4.78 is 6.98. The zero-order valence-electron chi connectivity index (χ0n) is 16.1. The van der Waals surface area contributed by atoms with Gasteiger partial charge in [0.2, 0.25) is 5.91 Å². The van der Waals surface area contributed by atoms with Crippen molar-refractivity contribution in [3.8, 4) is 5.75 Å². The van der Waals surface area contributed by atoms with E-state index in [-0.39, 0.29) is 18.4 Å². The second-order valence-corrected chi connectivity index (χ2v) is 8.31. The molecule has 1 N–H and O–H groups in total. The third kappa shape index (κ3) is 4.72. The number of fused-ring (bicyclic) bond motifs is 1. The van der Waals surface area contributed by atoms with Crippen molar-refractivity contribution in [2.24, 2.45) is 0 Å². The van der Waals surface area contributed by atoms with Crippen molar-refractivity contribution >= 4 is 39.1 Å². The maximum Gasteiger partial charge on any atom is 0.265 e. The van der Waals surface area contributed by atoms with E-state index in [4.69, 9.17) is 4.74 Å². The van der Waals surface area contributed by atoms with Crippen LogP contribution in [0.2, 0.25) is 0 Å². The SMILES string of the molecule is O=C(CN1C[C@@H](C(=O)N2CCCCC2)Oc2ccccc21)Nc1ccc(Br)cc1. The Morgan fingerprint density at radius 1 is 1.03 bits per heavy atom. The molecule has 4 rings (SSSR count). The molecule has 29 heavy (non-hydrogen) atoms. The fourth-order valence-electron chi connectivity index (χ4n) is 3.81. The van der Waals surface area contributed by atoms with Crippen LogP contribution in [0.15, 0.2) is 53.0 Å². The lowest BCUT2D eigenvalue weighted by Crippen LogP contribution is -2.52. The highest BCUT2D eigenvalue weighted by Crippen LogP contribution is 2.33. The Kier molecular flexibility index (Phi) is 6.04. The number of piperidine rings is 1. The molecule has 1 saturated heterocycles. The number of rotatable bonds is 4. The lowest BCUT2D eigenvalue weighted by molar-refractivity contribution is -0.139. The van der Waals surface area contributed by atoms with Gasteiger partial charge in [0.1, 0.15) is 5.75 Å². The van der Waals surface area contributed by atoms with Crippen LogP contribution >= 0.6 is 15.9 Å². The zero-order chi connectivity index (χ0) is 20.2. The lowest BCUT2D eigenvalue weighted by atomic mass is 10.1. The molecule has 2 aliphatic rings. The molecule has 0 saturated carbocycles. The van der Waals surface area contributed by atoms with Gasteiger partial charge in [-0.05, 0) is 55.7 Å². The number of nitrogens with one attached hydrogen (secondary N) is 1. The van der Waals surface area contributed by atoms with E-state index in [2.05, 4.69) is 21.2 Å². The second-order valence-electron chi connectivity index (χ2n) is 7.40. The summed E-state index contributed by atoms with van der Waals surface area (Å²) in [5, 5.41) is 2.92.